The molecule has 0 radical (unpaired) electrons. The lowest BCUT2D eigenvalue weighted by Gasteiger charge is -2.37. The summed E-state index contributed by atoms with van der Waals surface area (Å²) in [5.74, 6) is 2.22. The first kappa shape index (κ1) is 25.1. The number of aliphatic hydroxyl groups is 2. The van der Waals surface area contributed by atoms with Crippen molar-refractivity contribution in [1.29, 1.82) is 0 Å². The molecule has 7 N–H and O–H groups in total. The van der Waals surface area contributed by atoms with Gasteiger partial charge in [0.1, 0.15) is 6.10 Å². The molecule has 2 amide bonds. The first-order valence-electron chi connectivity index (χ1n) is 9.95. The predicted molar refractivity (Wildman–Crippen MR) is 115 cm³/mol. The highest BCUT2D eigenvalue weighted by Crippen LogP contribution is 2.34. The van der Waals surface area contributed by atoms with E-state index in [9.17, 15) is 20.1 Å². The Bertz CT molecular complexity index is 757. The van der Waals surface area contributed by atoms with Gasteiger partial charge in [-0.05, 0) is 31.4 Å². The summed E-state index contributed by atoms with van der Waals surface area (Å²) in [5, 5.41) is 35.7. The van der Waals surface area contributed by atoms with E-state index in [0.717, 1.165) is 12.8 Å². The molecule has 0 aromatic heterocycles. The number of amides is 2. The lowest BCUT2D eigenvalue weighted by Crippen LogP contribution is -2.51. The second-order valence-corrected chi connectivity index (χ2v) is 8.34. The molecule has 10 nitrogen and oxygen atoms in total. The van der Waals surface area contributed by atoms with Crippen molar-refractivity contribution in [3.63, 3.8) is 0 Å². The number of phenolic OH excluding ortho intramolecular Hbond substituents is 1. The summed E-state index contributed by atoms with van der Waals surface area (Å²) in [6.07, 6.45) is 3.62. The van der Waals surface area contributed by atoms with Crippen LogP contribution in [0, 0.1) is 12.3 Å². The van der Waals surface area contributed by atoms with Crippen LogP contribution < -0.4 is 15.4 Å². The molecule has 0 aliphatic carbocycles. The smallest absolute Gasteiger partial charge is 0.319 e. The second kappa shape index (κ2) is 12.7. The Kier molecular flexibility index (Phi) is 10.3. The number of anilines is 1. The third-order valence-corrected chi connectivity index (χ3v) is 5.31. The van der Waals surface area contributed by atoms with E-state index in [1.807, 2.05) is 0 Å². The minimum Gasteiger partial charge on any atom is -0.504 e. The van der Waals surface area contributed by atoms with E-state index in [0.29, 0.717) is 18.7 Å². The second-order valence-electron chi connectivity index (χ2n) is 7.15. The number of aromatic hydroxyl groups is 1. The summed E-state index contributed by atoms with van der Waals surface area (Å²) in [5.41, 5.74) is 0.327. The van der Waals surface area contributed by atoms with Crippen LogP contribution in [0.4, 0.5) is 10.5 Å². The molecule has 0 saturated carbocycles. The van der Waals surface area contributed by atoms with Crippen molar-refractivity contribution < 1.29 is 39.4 Å². The van der Waals surface area contributed by atoms with E-state index in [1.165, 1.54) is 18.2 Å². The van der Waals surface area contributed by atoms with Gasteiger partial charge in [-0.2, -0.15) is 0 Å². The average molecular weight is 456 g/mol. The highest BCUT2D eigenvalue weighted by Gasteiger charge is 2.38. The number of aliphatic hydroxyl groups excluding tert-OH is 2. The zero-order valence-corrected chi connectivity index (χ0v) is 17.9. The molecule has 0 spiro atoms. The molecule has 11 heteroatoms. The molecular weight excluding hydrogens is 427 g/mol. The van der Waals surface area contributed by atoms with Crippen LogP contribution in [0.25, 0.3) is 0 Å². The van der Waals surface area contributed by atoms with Gasteiger partial charge in [0.15, 0.2) is 19.9 Å². The number of rotatable bonds is 10. The van der Waals surface area contributed by atoms with Crippen molar-refractivity contribution in [3.05, 3.63) is 18.2 Å². The molecule has 1 aliphatic heterocycles. The number of carbonyl (C=O) groups is 1. The molecule has 3 unspecified atom stereocenters. The van der Waals surface area contributed by atoms with Crippen LogP contribution in [-0.2, 0) is 4.74 Å². The number of ether oxygens (including phenoxy) is 2. The maximum absolute atomic E-state index is 11.9. The molecular formula is C20H29N2O8P. The number of carbonyl (C=O) groups excluding carboxylic acids is 1. The quantitative estimate of drug-likeness (QED) is 0.157. The zero-order chi connectivity index (χ0) is 22.8. The van der Waals surface area contributed by atoms with Crippen molar-refractivity contribution in [2.45, 2.75) is 56.7 Å². The van der Waals surface area contributed by atoms with E-state index in [4.69, 9.17) is 25.7 Å². The summed E-state index contributed by atoms with van der Waals surface area (Å²) in [6.45, 7) is 0.468. The summed E-state index contributed by atoms with van der Waals surface area (Å²) in [7, 11) is -2.09. The SMILES string of the molecule is C#CCCCCNC(=O)Nc1ccc(O[C@H]2OC(CCP(O)O)CC(O)C2O)c(O)c1. The van der Waals surface area contributed by atoms with Crippen LogP contribution in [0.1, 0.15) is 32.1 Å². The van der Waals surface area contributed by atoms with E-state index in [1.54, 1.807) is 0 Å². The van der Waals surface area contributed by atoms with Crippen molar-refractivity contribution in [2.75, 3.05) is 18.0 Å². The van der Waals surface area contributed by atoms with Gasteiger partial charge in [0.05, 0.1) is 12.2 Å². The Hall–Kier alpha value is -2.12. The van der Waals surface area contributed by atoms with E-state index < -0.39 is 39.0 Å². The maximum atomic E-state index is 11.9. The maximum Gasteiger partial charge on any atom is 0.319 e. The number of hydrogen-bond acceptors (Lipinski definition) is 8. The Morgan fingerprint density at radius 1 is 1.32 bits per heavy atom. The number of urea groups is 1. The molecule has 4 atom stereocenters. The summed E-state index contributed by atoms with van der Waals surface area (Å²) < 4.78 is 11.1. The lowest BCUT2D eigenvalue weighted by atomic mass is 10.0. The Morgan fingerprint density at radius 2 is 2.10 bits per heavy atom. The van der Waals surface area contributed by atoms with Gasteiger partial charge in [0.2, 0.25) is 6.29 Å². The number of unbranched alkanes of at least 4 members (excludes halogenated alkanes) is 2. The zero-order valence-electron chi connectivity index (χ0n) is 17.0. The van der Waals surface area contributed by atoms with Gasteiger partial charge < -0.3 is 45.2 Å². The highest BCUT2D eigenvalue weighted by atomic mass is 31.2. The van der Waals surface area contributed by atoms with E-state index in [2.05, 4.69) is 16.6 Å². The topological polar surface area (TPSA) is 161 Å². The summed E-state index contributed by atoms with van der Waals surface area (Å²) in [4.78, 5) is 30.0. The minimum atomic E-state index is -2.09. The lowest BCUT2D eigenvalue weighted by molar-refractivity contribution is -0.235. The Balaban J connectivity index is 1.90. The van der Waals surface area contributed by atoms with Crippen LogP contribution >= 0.6 is 8.38 Å². The first-order chi connectivity index (χ1) is 14.8. The number of hydrogen-bond donors (Lipinski definition) is 7. The molecule has 1 aromatic carbocycles. The third-order valence-electron chi connectivity index (χ3n) is 4.65. The third kappa shape index (κ3) is 8.50. The summed E-state index contributed by atoms with van der Waals surface area (Å²) in [6, 6.07) is 3.74. The minimum absolute atomic E-state index is 0.0105. The van der Waals surface area contributed by atoms with Gasteiger partial charge in [-0.1, -0.05) is 0 Å². The van der Waals surface area contributed by atoms with E-state index in [-0.39, 0.29) is 30.5 Å². The fraction of sp³-hybridized carbons (Fsp3) is 0.550. The number of phenols is 1. The average Bonchev–Trinajstić information content (AvgIpc) is 2.71. The fourth-order valence-corrected chi connectivity index (χ4v) is 3.53. The van der Waals surface area contributed by atoms with Gasteiger partial charge in [0, 0.05) is 37.3 Å². The Morgan fingerprint density at radius 3 is 2.77 bits per heavy atom. The van der Waals surface area contributed by atoms with Gasteiger partial charge in [-0.15, -0.1) is 12.3 Å². The number of nitrogens with one attached hydrogen (secondary N) is 2. The van der Waals surface area contributed by atoms with Crippen LogP contribution in [0.5, 0.6) is 11.5 Å². The number of terminal acetylenes is 1. The molecule has 1 aliphatic rings. The predicted octanol–water partition coefficient (Wildman–Crippen LogP) is 1.22. The van der Waals surface area contributed by atoms with Crippen LogP contribution in [0.3, 0.4) is 0 Å². The number of benzene rings is 1. The molecule has 2 rings (SSSR count). The van der Waals surface area contributed by atoms with Gasteiger partial charge in [-0.25, -0.2) is 4.79 Å². The molecule has 1 saturated heterocycles. The van der Waals surface area contributed by atoms with Crippen molar-refractivity contribution >= 4 is 20.1 Å². The molecule has 1 fully saturated rings. The van der Waals surface area contributed by atoms with Crippen LogP contribution in [-0.4, -0.2) is 68.4 Å². The van der Waals surface area contributed by atoms with Crippen molar-refractivity contribution in [2.24, 2.45) is 0 Å². The monoisotopic (exact) mass is 456 g/mol. The van der Waals surface area contributed by atoms with Crippen molar-refractivity contribution in [1.82, 2.24) is 5.32 Å². The fourth-order valence-electron chi connectivity index (χ4n) is 3.01. The summed E-state index contributed by atoms with van der Waals surface area (Å²) >= 11 is 0. The Labute approximate surface area is 182 Å². The van der Waals surface area contributed by atoms with Crippen LogP contribution in [0.2, 0.25) is 0 Å². The van der Waals surface area contributed by atoms with Crippen molar-refractivity contribution in [3.8, 4) is 23.8 Å². The molecule has 1 heterocycles. The van der Waals surface area contributed by atoms with Gasteiger partial charge in [0.25, 0.3) is 0 Å². The molecule has 31 heavy (non-hydrogen) atoms. The van der Waals surface area contributed by atoms with Gasteiger partial charge in [-0.3, -0.25) is 0 Å². The van der Waals surface area contributed by atoms with Crippen LogP contribution in [0.15, 0.2) is 18.2 Å². The van der Waals surface area contributed by atoms with Gasteiger partial charge >= 0.3 is 6.03 Å². The normalized spacial score (nSPS) is 23.2. The molecule has 0 bridgehead atoms. The highest BCUT2D eigenvalue weighted by molar-refractivity contribution is 7.45. The van der Waals surface area contributed by atoms with E-state index >= 15 is 0 Å². The largest absolute Gasteiger partial charge is 0.504 e. The molecule has 172 valence electrons. The standard InChI is InChI=1S/C20H29N2O8P/c1-2-3-4-5-9-21-20(26)22-13-6-7-17(15(23)11-13)30-19-18(25)16(24)12-14(29-19)8-10-31(27)28/h1,6-7,11,14,16,18-19,23-25,27-28H,3-5,8-10,12H2,(H2,21,22,26)/t14?,16?,18?,19-/m1/s1. The molecule has 1 aromatic rings. The first-order valence-corrected chi connectivity index (χ1v) is 11.4.